The van der Waals surface area contributed by atoms with Gasteiger partial charge in [-0.25, -0.2) is 0 Å². The standard InChI is InChI=1S/C22H41BO4PS/c23-28(20-11-3-1-4-12-20,21-13-5-2-6-14-21)22-15-9-10-19(18-22)27-16-7-8-17-29(24,25)26/h19-22H,1-18H2,(H,24,25,26)/q+1. The van der Waals surface area contributed by atoms with Crippen LogP contribution in [-0.4, -0.2) is 56.0 Å². The Hall–Kier alpha value is 0.365. The number of hydrogen-bond donors (Lipinski definition) is 1. The smallest absolute Gasteiger partial charge is 0.366 e. The zero-order valence-corrected chi connectivity index (χ0v) is 19.9. The summed E-state index contributed by atoms with van der Waals surface area (Å²) in [6.45, 7) is 0.593. The highest BCUT2D eigenvalue weighted by Gasteiger charge is 2.54. The molecule has 3 aliphatic rings. The van der Waals surface area contributed by atoms with E-state index in [1.165, 1.54) is 77.0 Å². The second-order valence-corrected chi connectivity index (χ2v) is 15.3. The zero-order valence-electron chi connectivity index (χ0n) is 18.1. The van der Waals surface area contributed by atoms with Crippen molar-refractivity contribution in [2.45, 2.75) is 126 Å². The third-order valence-electron chi connectivity index (χ3n) is 7.80. The van der Waals surface area contributed by atoms with E-state index in [9.17, 15) is 8.42 Å². The largest absolute Gasteiger partial charge is 0.378 e. The van der Waals surface area contributed by atoms with Crippen LogP contribution in [0.1, 0.15) is 103 Å². The molecule has 3 rings (SSSR count). The molecule has 29 heavy (non-hydrogen) atoms. The Balaban J connectivity index is 1.58. The summed E-state index contributed by atoms with van der Waals surface area (Å²) in [6, 6.07) is 0. The van der Waals surface area contributed by atoms with Crippen molar-refractivity contribution in [1.29, 1.82) is 0 Å². The third-order valence-corrected chi connectivity index (χ3v) is 13.9. The van der Waals surface area contributed by atoms with Crippen LogP contribution in [-0.2, 0) is 14.9 Å². The van der Waals surface area contributed by atoms with E-state index in [4.69, 9.17) is 16.9 Å². The van der Waals surface area contributed by atoms with E-state index < -0.39 is 17.3 Å². The number of rotatable bonds is 9. The number of ether oxygens (including phenoxy) is 1. The SMILES string of the molecule is [B][P+](C1CCCCC1)(C1CCCCC1)C1CCCC(OCCCCS(=O)(=O)O)C1. The van der Waals surface area contributed by atoms with Crippen molar-refractivity contribution in [2.75, 3.05) is 12.4 Å². The molecule has 7 heteroatoms. The molecule has 0 bridgehead atoms. The van der Waals surface area contributed by atoms with E-state index in [2.05, 4.69) is 0 Å². The van der Waals surface area contributed by atoms with Crippen LogP contribution < -0.4 is 0 Å². The minimum absolute atomic E-state index is 0.162. The molecule has 1 N–H and O–H groups in total. The van der Waals surface area contributed by atoms with Gasteiger partial charge in [-0.3, -0.25) is 4.55 Å². The molecule has 0 heterocycles. The van der Waals surface area contributed by atoms with Crippen LogP contribution >= 0.6 is 7.14 Å². The van der Waals surface area contributed by atoms with Gasteiger partial charge in [-0.15, -0.1) is 0 Å². The van der Waals surface area contributed by atoms with Gasteiger partial charge in [0, 0.05) is 13.0 Å². The van der Waals surface area contributed by atoms with Crippen LogP contribution in [0.4, 0.5) is 0 Å². The van der Waals surface area contributed by atoms with Crippen LogP contribution in [0.15, 0.2) is 0 Å². The Morgan fingerprint density at radius 1 is 0.793 bits per heavy atom. The maximum Gasteiger partial charge on any atom is 0.366 e. The number of unbranched alkanes of at least 4 members (excludes halogenated alkanes) is 1. The number of hydrogen-bond acceptors (Lipinski definition) is 3. The van der Waals surface area contributed by atoms with E-state index in [1.54, 1.807) is 0 Å². The topological polar surface area (TPSA) is 63.6 Å². The van der Waals surface area contributed by atoms with Gasteiger partial charge in [0.25, 0.3) is 10.1 Å². The molecule has 0 aromatic heterocycles. The van der Waals surface area contributed by atoms with Crippen molar-refractivity contribution in [2.24, 2.45) is 0 Å². The monoisotopic (exact) mass is 443 g/mol. The molecule has 166 valence electrons. The molecule has 0 aliphatic heterocycles. The van der Waals surface area contributed by atoms with E-state index >= 15 is 0 Å². The van der Waals surface area contributed by atoms with E-state index in [-0.39, 0.29) is 11.9 Å². The molecule has 3 saturated carbocycles. The molecule has 2 atom stereocenters. The summed E-state index contributed by atoms with van der Waals surface area (Å²) in [5.74, 6) is -0.162. The highest BCUT2D eigenvalue weighted by atomic mass is 32.2. The lowest BCUT2D eigenvalue weighted by Gasteiger charge is -2.48. The Morgan fingerprint density at radius 2 is 1.34 bits per heavy atom. The van der Waals surface area contributed by atoms with E-state index in [1.807, 2.05) is 0 Å². The van der Waals surface area contributed by atoms with E-state index in [0.29, 0.717) is 25.1 Å². The van der Waals surface area contributed by atoms with Crippen LogP contribution in [0.25, 0.3) is 0 Å². The maximum absolute atomic E-state index is 10.9. The molecule has 2 radical (unpaired) electrons. The summed E-state index contributed by atoms with van der Waals surface area (Å²) < 4.78 is 36.8. The molecule has 0 aromatic carbocycles. The van der Waals surface area contributed by atoms with Gasteiger partial charge >= 0.3 is 7.57 Å². The van der Waals surface area contributed by atoms with Crippen molar-refractivity contribution in [3.05, 3.63) is 0 Å². The van der Waals surface area contributed by atoms with Crippen molar-refractivity contribution in [1.82, 2.24) is 0 Å². The molecule has 4 nitrogen and oxygen atoms in total. The first-order chi connectivity index (χ1) is 13.9. The molecule has 0 amide bonds. The second kappa shape index (κ2) is 11.3. The summed E-state index contributed by atoms with van der Waals surface area (Å²) in [7, 11) is 2.23. The highest BCUT2D eigenvalue weighted by molar-refractivity contribution is 7.99. The minimum atomic E-state index is -3.85. The van der Waals surface area contributed by atoms with Gasteiger partial charge in [-0.2, -0.15) is 8.42 Å². The predicted molar refractivity (Wildman–Crippen MR) is 124 cm³/mol. The van der Waals surface area contributed by atoms with Gasteiger partial charge in [0.2, 0.25) is 0 Å². The van der Waals surface area contributed by atoms with Gasteiger partial charge in [-0.1, -0.05) is 12.8 Å². The maximum atomic E-state index is 10.9. The summed E-state index contributed by atoms with van der Waals surface area (Å²) in [5, 5.41) is 0. The zero-order chi connectivity index (χ0) is 20.7. The summed E-state index contributed by atoms with van der Waals surface area (Å²) in [5.41, 5.74) is 2.25. The van der Waals surface area contributed by atoms with Gasteiger partial charge in [-0.05, 0) is 90.6 Å². The summed E-state index contributed by atoms with van der Waals surface area (Å²) in [4.78, 5) is 0. The molecule has 3 fully saturated rings. The lowest BCUT2D eigenvalue weighted by atomic mass is 9.96. The quantitative estimate of drug-likeness (QED) is 0.213. The molecule has 0 spiro atoms. The average molecular weight is 443 g/mol. The molecular formula is C22H41BO4PS+. The fourth-order valence-corrected chi connectivity index (χ4v) is 12.4. The van der Waals surface area contributed by atoms with E-state index in [0.717, 1.165) is 24.2 Å². The molecule has 0 saturated heterocycles. The van der Waals surface area contributed by atoms with Gasteiger partial charge in [0.1, 0.15) is 0 Å². The molecule has 2 unspecified atom stereocenters. The Morgan fingerprint density at radius 3 is 1.90 bits per heavy atom. The fraction of sp³-hybridized carbons (Fsp3) is 1.00. The van der Waals surface area contributed by atoms with Gasteiger partial charge in [0.05, 0.1) is 28.8 Å². The van der Waals surface area contributed by atoms with Gasteiger partial charge < -0.3 is 4.74 Å². The van der Waals surface area contributed by atoms with Crippen molar-refractivity contribution in [3.63, 3.8) is 0 Å². The molecule has 0 aromatic rings. The van der Waals surface area contributed by atoms with Crippen LogP contribution in [0.3, 0.4) is 0 Å². The average Bonchev–Trinajstić information content (AvgIpc) is 2.73. The third kappa shape index (κ3) is 6.92. The van der Waals surface area contributed by atoms with Crippen LogP contribution in [0.5, 0.6) is 0 Å². The first kappa shape index (κ1) is 24.0. The minimum Gasteiger partial charge on any atom is -0.378 e. The first-order valence-electron chi connectivity index (χ1n) is 12.1. The lowest BCUT2D eigenvalue weighted by Crippen LogP contribution is -2.39. The Bertz CT molecular complexity index is 570. The Kier molecular flexibility index (Phi) is 9.35. The lowest BCUT2D eigenvalue weighted by molar-refractivity contribution is 0.0279. The normalized spacial score (nSPS) is 28.4. The van der Waals surface area contributed by atoms with Crippen LogP contribution in [0.2, 0.25) is 0 Å². The van der Waals surface area contributed by atoms with Crippen LogP contribution in [0, 0.1) is 0 Å². The Labute approximate surface area is 180 Å². The predicted octanol–water partition coefficient (Wildman–Crippen LogP) is 5.75. The molecule has 3 aliphatic carbocycles. The molecular weight excluding hydrogens is 402 g/mol. The van der Waals surface area contributed by atoms with Gasteiger partial charge in [0.15, 0.2) is 0 Å². The van der Waals surface area contributed by atoms with Crippen molar-refractivity contribution < 1.29 is 17.7 Å². The first-order valence-corrected chi connectivity index (χ1v) is 15.8. The fourth-order valence-electron chi connectivity index (χ4n) is 6.27. The highest BCUT2D eigenvalue weighted by Crippen LogP contribution is 2.74. The van der Waals surface area contributed by atoms with Crippen molar-refractivity contribution in [3.8, 4) is 0 Å². The van der Waals surface area contributed by atoms with Crippen molar-refractivity contribution >= 4 is 24.8 Å². The second-order valence-electron chi connectivity index (χ2n) is 9.78. The summed E-state index contributed by atoms with van der Waals surface area (Å²) in [6.07, 6.45) is 19.9. The summed E-state index contributed by atoms with van der Waals surface area (Å²) >= 11 is 0.